The maximum atomic E-state index is 12.9. The molecule has 7 nitrogen and oxygen atoms in total. The molecule has 0 saturated heterocycles. The van der Waals surface area contributed by atoms with Crippen molar-refractivity contribution < 1.29 is 26.8 Å². The molecule has 0 spiro atoms. The number of rotatable bonds is 9. The van der Waals surface area contributed by atoms with Gasteiger partial charge in [0.15, 0.2) is 0 Å². The molecule has 0 aromatic heterocycles. The third-order valence-electron chi connectivity index (χ3n) is 2.97. The van der Waals surface area contributed by atoms with Crippen LogP contribution in [0.5, 0.6) is 0 Å². The molecule has 1 aromatic carbocycles. The van der Waals surface area contributed by atoms with Gasteiger partial charge in [-0.05, 0) is 45.0 Å². The minimum atomic E-state index is -4.03. The maximum Gasteiger partial charge on any atom is 0.377 e. The fourth-order valence-electron chi connectivity index (χ4n) is 1.75. The molecule has 0 aliphatic heterocycles. The van der Waals surface area contributed by atoms with E-state index in [4.69, 9.17) is 25.4 Å². The van der Waals surface area contributed by atoms with E-state index in [1.54, 1.807) is 13.8 Å². The smallest absolute Gasteiger partial charge is 0.352 e. The molecule has 0 heterocycles. The van der Waals surface area contributed by atoms with Crippen molar-refractivity contribution in [2.24, 2.45) is 0 Å². The molecule has 0 saturated carbocycles. The average molecular weight is 386 g/mol. The number of nitrogens with one attached hydrogen (secondary N) is 1. The van der Waals surface area contributed by atoms with Crippen molar-refractivity contribution in [1.29, 1.82) is 0 Å². The summed E-state index contributed by atoms with van der Waals surface area (Å²) in [7, 11) is -6.72. The van der Waals surface area contributed by atoms with Gasteiger partial charge in [0.2, 0.25) is 15.5 Å². The summed E-state index contributed by atoms with van der Waals surface area (Å²) >= 11 is 5.75. The Morgan fingerprint density at radius 2 is 1.65 bits per heavy atom. The van der Waals surface area contributed by atoms with Gasteiger partial charge in [-0.15, -0.1) is 0 Å². The summed E-state index contributed by atoms with van der Waals surface area (Å²) in [6.07, 6.45) is 0. The molecule has 1 unspecified atom stereocenters. The summed E-state index contributed by atoms with van der Waals surface area (Å²) in [5.41, 5.74) is -1.88. The zero-order valence-corrected chi connectivity index (χ0v) is 15.9. The lowest BCUT2D eigenvalue weighted by molar-refractivity contribution is 0.0289. The summed E-state index contributed by atoms with van der Waals surface area (Å²) in [5.74, 6) is 0. The van der Waals surface area contributed by atoms with Crippen molar-refractivity contribution in [2.75, 3.05) is 20.3 Å². The minimum absolute atomic E-state index is 0.0512. The van der Waals surface area contributed by atoms with Gasteiger partial charge in [0.25, 0.3) is 0 Å². The van der Waals surface area contributed by atoms with Gasteiger partial charge >= 0.3 is 7.60 Å². The summed E-state index contributed by atoms with van der Waals surface area (Å²) in [6, 6.07) is 5.52. The first-order valence-corrected chi connectivity index (χ1v) is 10.3. The third kappa shape index (κ3) is 4.76. The highest BCUT2D eigenvalue weighted by molar-refractivity contribution is 7.90. The molecule has 0 fully saturated rings. The van der Waals surface area contributed by atoms with E-state index in [9.17, 15) is 13.0 Å². The highest BCUT2D eigenvalue weighted by Crippen LogP contribution is 2.59. The number of benzene rings is 1. The lowest BCUT2D eigenvalue weighted by Crippen LogP contribution is -2.48. The van der Waals surface area contributed by atoms with Crippen molar-refractivity contribution in [3.8, 4) is 0 Å². The highest BCUT2D eigenvalue weighted by Gasteiger charge is 2.50. The van der Waals surface area contributed by atoms with Crippen LogP contribution in [-0.4, -0.2) is 34.2 Å². The zero-order valence-electron chi connectivity index (χ0n) is 13.4. The quantitative estimate of drug-likeness (QED) is 0.518. The van der Waals surface area contributed by atoms with E-state index in [1.165, 1.54) is 38.3 Å². The van der Waals surface area contributed by atoms with E-state index in [1.807, 2.05) is 0 Å². The van der Waals surface area contributed by atoms with Crippen molar-refractivity contribution in [3.05, 3.63) is 29.3 Å². The molecule has 0 radical (unpaired) electrons. The molecule has 1 aromatic rings. The Kier molecular flexibility index (Phi) is 7.22. The van der Waals surface area contributed by atoms with Crippen LogP contribution in [0, 0.1) is 0 Å². The van der Waals surface area contributed by atoms with Crippen LogP contribution in [0.4, 0.5) is 0 Å². The Balaban J connectivity index is 3.22. The number of halogens is 1. The van der Waals surface area contributed by atoms with Gasteiger partial charge in [-0.3, -0.25) is 4.57 Å². The fourth-order valence-corrected chi connectivity index (χ4v) is 5.35. The summed E-state index contributed by atoms with van der Waals surface area (Å²) in [5, 5.41) is 0.396. The molecule has 10 heteroatoms. The predicted octanol–water partition coefficient (Wildman–Crippen LogP) is 3.20. The summed E-state index contributed by atoms with van der Waals surface area (Å²) < 4.78 is 55.7. The van der Waals surface area contributed by atoms with Gasteiger partial charge in [-0.2, -0.15) is 4.72 Å². The predicted molar refractivity (Wildman–Crippen MR) is 88.0 cm³/mol. The van der Waals surface area contributed by atoms with Crippen LogP contribution in [0.3, 0.4) is 0 Å². The van der Waals surface area contributed by atoms with Crippen LogP contribution in [-0.2, 0) is 28.4 Å². The Hall–Kier alpha value is -0.470. The van der Waals surface area contributed by atoms with E-state index in [-0.39, 0.29) is 18.1 Å². The van der Waals surface area contributed by atoms with Crippen molar-refractivity contribution >= 4 is 29.2 Å². The van der Waals surface area contributed by atoms with Crippen LogP contribution in [0.1, 0.15) is 20.8 Å². The van der Waals surface area contributed by atoms with Gasteiger partial charge in [0, 0.05) is 12.1 Å². The molecule has 0 bridgehead atoms. The first-order valence-electron chi connectivity index (χ1n) is 6.88. The number of hydrogen-bond donors (Lipinski definition) is 1. The van der Waals surface area contributed by atoms with Crippen LogP contribution < -0.4 is 4.72 Å². The summed E-state index contributed by atoms with van der Waals surface area (Å²) in [4.78, 5) is -0.0512. The maximum absolute atomic E-state index is 12.9. The van der Waals surface area contributed by atoms with Crippen LogP contribution >= 0.6 is 19.2 Å². The molecule has 1 rings (SSSR count). The molecular weight excluding hydrogens is 365 g/mol. The minimum Gasteiger partial charge on any atom is -0.352 e. The van der Waals surface area contributed by atoms with Crippen LogP contribution in [0.25, 0.3) is 0 Å². The number of sulfonamides is 1. The van der Waals surface area contributed by atoms with Crippen molar-refractivity contribution in [1.82, 2.24) is 4.72 Å². The second kappa shape index (κ2) is 8.07. The number of ether oxygens (including phenoxy) is 1. The first kappa shape index (κ1) is 20.6. The van der Waals surface area contributed by atoms with Crippen molar-refractivity contribution in [3.63, 3.8) is 0 Å². The van der Waals surface area contributed by atoms with Gasteiger partial charge in [-0.1, -0.05) is 11.6 Å². The number of hydrogen-bond acceptors (Lipinski definition) is 6. The highest BCUT2D eigenvalue weighted by atomic mass is 35.5. The molecule has 132 valence electrons. The lowest BCUT2D eigenvalue weighted by atomic mass is 10.4. The normalized spacial score (nSPS) is 15.3. The van der Waals surface area contributed by atoms with Crippen LogP contribution in [0.2, 0.25) is 5.02 Å². The Morgan fingerprint density at radius 3 is 2.04 bits per heavy atom. The van der Waals surface area contributed by atoms with Crippen molar-refractivity contribution in [2.45, 2.75) is 31.1 Å². The van der Waals surface area contributed by atoms with Gasteiger partial charge in [0.05, 0.1) is 18.1 Å². The zero-order chi connectivity index (χ0) is 17.7. The average Bonchev–Trinajstić information content (AvgIpc) is 2.47. The molecule has 1 N–H and O–H groups in total. The SMILES string of the molecule is CCOP(=O)(OCC)C(C)(NS(=O)(=O)c1ccc(Cl)cc1)OC. The Bertz CT molecular complexity index is 656. The van der Waals surface area contributed by atoms with Gasteiger partial charge in [0.1, 0.15) is 0 Å². The topological polar surface area (TPSA) is 90.9 Å². The largest absolute Gasteiger partial charge is 0.377 e. The molecule has 0 aliphatic carbocycles. The van der Waals surface area contributed by atoms with Crippen LogP contribution in [0.15, 0.2) is 29.2 Å². The van der Waals surface area contributed by atoms with E-state index >= 15 is 0 Å². The molecular formula is C13H21ClNO6PS. The van der Waals surface area contributed by atoms with E-state index in [2.05, 4.69) is 4.72 Å². The summed E-state index contributed by atoms with van der Waals surface area (Å²) in [6.45, 7) is 4.68. The second-order valence-electron chi connectivity index (χ2n) is 4.58. The lowest BCUT2D eigenvalue weighted by Gasteiger charge is -2.34. The van der Waals surface area contributed by atoms with E-state index in [0.29, 0.717) is 5.02 Å². The number of methoxy groups -OCH3 is 1. The molecule has 23 heavy (non-hydrogen) atoms. The molecule has 0 aliphatic rings. The fraction of sp³-hybridized carbons (Fsp3) is 0.538. The van der Waals surface area contributed by atoms with Gasteiger partial charge < -0.3 is 13.8 Å². The Labute approximate surface area is 141 Å². The molecule has 0 amide bonds. The third-order valence-corrected chi connectivity index (χ3v) is 7.46. The standard InChI is InChI=1S/C13H21ClNO6PS/c1-5-20-22(16,21-6-2)13(3,19-4)15-23(17,18)12-9-7-11(14)8-10-12/h7-10,15H,5-6H2,1-4H3. The van der Waals surface area contributed by atoms with E-state index in [0.717, 1.165) is 0 Å². The first-order chi connectivity index (χ1) is 10.6. The Morgan fingerprint density at radius 1 is 1.17 bits per heavy atom. The second-order valence-corrected chi connectivity index (χ2v) is 9.06. The monoisotopic (exact) mass is 385 g/mol. The van der Waals surface area contributed by atoms with Gasteiger partial charge in [-0.25, -0.2) is 8.42 Å². The molecule has 1 atom stereocenters. The van der Waals surface area contributed by atoms with E-state index < -0.39 is 23.1 Å².